The Kier molecular flexibility index (Phi) is 4.01. The van der Waals surface area contributed by atoms with Crippen LogP contribution in [0, 0.1) is 5.82 Å². The number of nitrogens with zero attached hydrogens (tertiary/aromatic N) is 2. The van der Waals surface area contributed by atoms with Crippen molar-refractivity contribution < 1.29 is 9.18 Å². The van der Waals surface area contributed by atoms with Crippen molar-refractivity contribution in [2.24, 2.45) is 0 Å². The van der Waals surface area contributed by atoms with Gasteiger partial charge in [0.2, 0.25) is 5.91 Å². The third-order valence-electron chi connectivity index (χ3n) is 2.41. The van der Waals surface area contributed by atoms with Crippen LogP contribution >= 0.6 is 0 Å². The molecule has 94 valence electrons. The van der Waals surface area contributed by atoms with Gasteiger partial charge in [-0.3, -0.25) is 4.79 Å². The van der Waals surface area contributed by atoms with E-state index >= 15 is 0 Å². The predicted molar refractivity (Wildman–Crippen MR) is 64.4 cm³/mol. The first-order chi connectivity index (χ1) is 8.74. The number of benzene rings is 1. The van der Waals surface area contributed by atoms with Crippen LogP contribution in [0.15, 0.2) is 30.5 Å². The van der Waals surface area contributed by atoms with Crippen LogP contribution in [0.2, 0.25) is 0 Å². The second-order valence-corrected chi connectivity index (χ2v) is 3.87. The third kappa shape index (κ3) is 3.65. The molecule has 2 rings (SSSR count). The van der Waals surface area contributed by atoms with Gasteiger partial charge in [-0.2, -0.15) is 15.4 Å². The van der Waals surface area contributed by atoms with Gasteiger partial charge in [0.1, 0.15) is 5.82 Å². The first-order valence-corrected chi connectivity index (χ1v) is 5.64. The number of aryl methyl sites for hydroxylation is 1. The normalized spacial score (nSPS) is 10.3. The SMILES string of the molecule is O=C(CCCc1cn[nH]n1)Nc1cccc(F)c1. The summed E-state index contributed by atoms with van der Waals surface area (Å²) in [6.07, 6.45) is 3.36. The maximum Gasteiger partial charge on any atom is 0.224 e. The fraction of sp³-hybridized carbons (Fsp3) is 0.250. The maximum absolute atomic E-state index is 12.9. The summed E-state index contributed by atoms with van der Waals surface area (Å²) in [5.74, 6) is -0.500. The van der Waals surface area contributed by atoms with Crippen molar-refractivity contribution in [3.05, 3.63) is 42.0 Å². The molecule has 1 heterocycles. The predicted octanol–water partition coefficient (Wildman–Crippen LogP) is 1.91. The zero-order chi connectivity index (χ0) is 12.8. The van der Waals surface area contributed by atoms with E-state index in [9.17, 15) is 9.18 Å². The van der Waals surface area contributed by atoms with Gasteiger partial charge in [-0.25, -0.2) is 4.39 Å². The number of aromatic nitrogens is 3. The second kappa shape index (κ2) is 5.90. The van der Waals surface area contributed by atoms with Gasteiger partial charge < -0.3 is 5.32 Å². The van der Waals surface area contributed by atoms with Gasteiger partial charge in [0.15, 0.2) is 0 Å². The van der Waals surface area contributed by atoms with Crippen molar-refractivity contribution in [2.45, 2.75) is 19.3 Å². The Hall–Kier alpha value is -2.24. The molecule has 0 fully saturated rings. The van der Waals surface area contributed by atoms with E-state index in [0.29, 0.717) is 24.9 Å². The molecule has 6 heteroatoms. The molecule has 1 aromatic heterocycles. The summed E-state index contributed by atoms with van der Waals surface area (Å²) in [7, 11) is 0. The van der Waals surface area contributed by atoms with Gasteiger partial charge in [-0.15, -0.1) is 0 Å². The lowest BCUT2D eigenvalue weighted by Crippen LogP contribution is -2.11. The molecule has 0 unspecified atom stereocenters. The zero-order valence-corrected chi connectivity index (χ0v) is 9.69. The second-order valence-electron chi connectivity index (χ2n) is 3.87. The minimum Gasteiger partial charge on any atom is -0.326 e. The highest BCUT2D eigenvalue weighted by Gasteiger charge is 2.04. The van der Waals surface area contributed by atoms with Gasteiger partial charge in [0, 0.05) is 12.1 Å². The van der Waals surface area contributed by atoms with E-state index in [0.717, 1.165) is 5.69 Å². The summed E-state index contributed by atoms with van der Waals surface area (Å²) in [6.45, 7) is 0. The van der Waals surface area contributed by atoms with Gasteiger partial charge in [0.05, 0.1) is 11.9 Å². The van der Waals surface area contributed by atoms with Crippen molar-refractivity contribution in [3.63, 3.8) is 0 Å². The summed E-state index contributed by atoms with van der Waals surface area (Å²) in [5, 5.41) is 12.7. The van der Waals surface area contributed by atoms with E-state index in [1.807, 2.05) is 0 Å². The highest BCUT2D eigenvalue weighted by molar-refractivity contribution is 5.90. The fourth-order valence-corrected chi connectivity index (χ4v) is 1.57. The average molecular weight is 248 g/mol. The van der Waals surface area contributed by atoms with Crippen LogP contribution in [-0.4, -0.2) is 21.3 Å². The van der Waals surface area contributed by atoms with Crippen LogP contribution in [0.5, 0.6) is 0 Å². The molecule has 5 nitrogen and oxygen atoms in total. The Morgan fingerprint density at radius 1 is 1.44 bits per heavy atom. The molecule has 0 spiro atoms. The first kappa shape index (κ1) is 12.2. The lowest BCUT2D eigenvalue weighted by molar-refractivity contribution is -0.116. The Morgan fingerprint density at radius 3 is 3.06 bits per heavy atom. The molecule has 1 amide bonds. The molecule has 0 radical (unpaired) electrons. The van der Waals surface area contributed by atoms with E-state index in [1.165, 1.54) is 12.1 Å². The molecule has 2 N–H and O–H groups in total. The standard InChI is InChI=1S/C12H13FN4O/c13-9-3-1-4-10(7-9)15-12(18)6-2-5-11-8-14-17-16-11/h1,3-4,7-8H,2,5-6H2,(H,15,18)(H,14,16,17). The molecule has 0 aliphatic rings. The molecule has 1 aromatic carbocycles. The monoisotopic (exact) mass is 248 g/mol. The Bertz CT molecular complexity index is 513. The van der Waals surface area contributed by atoms with Crippen LogP contribution in [0.1, 0.15) is 18.5 Å². The molecule has 0 aliphatic carbocycles. The molecule has 0 aliphatic heterocycles. The summed E-state index contributed by atoms with van der Waals surface area (Å²) in [6, 6.07) is 5.83. The van der Waals surface area contributed by atoms with Gasteiger partial charge in [-0.1, -0.05) is 6.07 Å². The number of carbonyl (C=O) groups is 1. The van der Waals surface area contributed by atoms with Gasteiger partial charge >= 0.3 is 0 Å². The number of hydrogen-bond donors (Lipinski definition) is 2. The molecule has 0 saturated heterocycles. The molecule has 0 bridgehead atoms. The van der Waals surface area contributed by atoms with E-state index in [-0.39, 0.29) is 11.7 Å². The first-order valence-electron chi connectivity index (χ1n) is 5.64. The molecule has 18 heavy (non-hydrogen) atoms. The Labute approximate surface area is 103 Å². The van der Waals surface area contributed by atoms with Crippen LogP contribution in [0.25, 0.3) is 0 Å². The topological polar surface area (TPSA) is 70.7 Å². The number of carbonyl (C=O) groups excluding carboxylic acids is 1. The summed E-state index contributed by atoms with van der Waals surface area (Å²) in [5.41, 5.74) is 1.30. The van der Waals surface area contributed by atoms with Crippen molar-refractivity contribution in [2.75, 3.05) is 5.32 Å². The van der Waals surface area contributed by atoms with Crippen molar-refractivity contribution in [3.8, 4) is 0 Å². The summed E-state index contributed by atoms with van der Waals surface area (Å²) >= 11 is 0. The van der Waals surface area contributed by atoms with Crippen LogP contribution in [0.4, 0.5) is 10.1 Å². The number of hydrogen-bond acceptors (Lipinski definition) is 3. The molecule has 0 atom stereocenters. The maximum atomic E-state index is 12.9. The van der Waals surface area contributed by atoms with Gasteiger partial charge in [-0.05, 0) is 31.0 Å². The quantitative estimate of drug-likeness (QED) is 0.849. The molecular weight excluding hydrogens is 235 g/mol. The summed E-state index contributed by atoms with van der Waals surface area (Å²) < 4.78 is 12.9. The number of nitrogens with one attached hydrogen (secondary N) is 2. The van der Waals surface area contributed by atoms with Crippen molar-refractivity contribution >= 4 is 11.6 Å². The minimum atomic E-state index is -0.365. The number of anilines is 1. The largest absolute Gasteiger partial charge is 0.326 e. The number of halogens is 1. The van der Waals surface area contributed by atoms with E-state index in [2.05, 4.69) is 20.7 Å². The van der Waals surface area contributed by atoms with E-state index in [1.54, 1.807) is 18.3 Å². The number of rotatable bonds is 5. The average Bonchev–Trinajstić information content (AvgIpc) is 2.82. The Balaban J connectivity index is 1.75. The van der Waals surface area contributed by atoms with Crippen LogP contribution in [0.3, 0.4) is 0 Å². The Morgan fingerprint density at radius 2 is 2.33 bits per heavy atom. The lowest BCUT2D eigenvalue weighted by atomic mass is 10.2. The fourth-order valence-electron chi connectivity index (χ4n) is 1.57. The highest BCUT2D eigenvalue weighted by Crippen LogP contribution is 2.10. The highest BCUT2D eigenvalue weighted by atomic mass is 19.1. The third-order valence-corrected chi connectivity index (χ3v) is 2.41. The smallest absolute Gasteiger partial charge is 0.224 e. The van der Waals surface area contributed by atoms with E-state index in [4.69, 9.17) is 0 Å². The zero-order valence-electron chi connectivity index (χ0n) is 9.69. The summed E-state index contributed by atoms with van der Waals surface area (Å²) in [4.78, 5) is 11.6. The number of aromatic amines is 1. The van der Waals surface area contributed by atoms with Crippen molar-refractivity contribution in [1.29, 1.82) is 0 Å². The number of H-pyrrole nitrogens is 1. The molecular formula is C12H13FN4O. The molecule has 0 saturated carbocycles. The lowest BCUT2D eigenvalue weighted by Gasteiger charge is -2.04. The van der Waals surface area contributed by atoms with Crippen LogP contribution < -0.4 is 5.32 Å². The van der Waals surface area contributed by atoms with Gasteiger partial charge in [0.25, 0.3) is 0 Å². The van der Waals surface area contributed by atoms with Crippen LogP contribution in [-0.2, 0) is 11.2 Å². The minimum absolute atomic E-state index is 0.135. The van der Waals surface area contributed by atoms with E-state index < -0.39 is 0 Å². The van der Waals surface area contributed by atoms with Crippen molar-refractivity contribution in [1.82, 2.24) is 15.4 Å². The molecule has 2 aromatic rings. The number of amides is 1.